The van der Waals surface area contributed by atoms with Gasteiger partial charge in [-0.1, -0.05) is 47.2 Å². The summed E-state index contributed by atoms with van der Waals surface area (Å²) in [5.41, 5.74) is 1.73. The van der Waals surface area contributed by atoms with Gasteiger partial charge in [-0.05, 0) is 43.3 Å². The third kappa shape index (κ3) is 4.25. The summed E-state index contributed by atoms with van der Waals surface area (Å²) in [6, 6.07) is 13.8. The monoisotopic (exact) mass is 434 g/mol. The van der Waals surface area contributed by atoms with Crippen LogP contribution in [-0.2, 0) is 6.54 Å². The maximum absolute atomic E-state index is 12.7. The fraction of sp³-hybridized carbons (Fsp3) is 0.263. The molecule has 0 saturated carbocycles. The Hall–Kier alpha value is -1.37. The SMILES string of the molecule is CCn1c(=NC(=O)c2cccc(SC(C)C)c2)sc2cc(Br)ccc21. The molecule has 3 aromatic rings. The van der Waals surface area contributed by atoms with Crippen molar-refractivity contribution in [3.05, 3.63) is 57.3 Å². The van der Waals surface area contributed by atoms with Crippen LogP contribution in [0.2, 0.25) is 0 Å². The van der Waals surface area contributed by atoms with Gasteiger partial charge in [-0.25, -0.2) is 0 Å². The molecule has 0 fully saturated rings. The number of hydrogen-bond donors (Lipinski definition) is 0. The number of aryl methyl sites for hydroxylation is 1. The summed E-state index contributed by atoms with van der Waals surface area (Å²) in [4.78, 5) is 18.9. The molecule has 0 saturated heterocycles. The molecule has 1 aromatic heterocycles. The molecular formula is C19H19BrN2OS2. The fourth-order valence-corrected chi connectivity index (χ4v) is 5.10. The molecule has 0 spiro atoms. The maximum atomic E-state index is 12.7. The third-order valence-corrected chi connectivity index (χ3v) is 6.14. The topological polar surface area (TPSA) is 34.4 Å². The van der Waals surface area contributed by atoms with E-state index in [4.69, 9.17) is 0 Å². The molecule has 0 atom stereocenters. The molecule has 0 radical (unpaired) electrons. The first-order valence-electron chi connectivity index (χ1n) is 8.12. The minimum Gasteiger partial charge on any atom is -0.317 e. The first-order valence-corrected chi connectivity index (χ1v) is 10.6. The highest BCUT2D eigenvalue weighted by Gasteiger charge is 2.10. The highest BCUT2D eigenvalue weighted by molar-refractivity contribution is 9.10. The lowest BCUT2D eigenvalue weighted by molar-refractivity contribution is 0.0997. The normalized spacial score (nSPS) is 12.3. The Balaban J connectivity index is 2.03. The van der Waals surface area contributed by atoms with Crippen LogP contribution in [0, 0.1) is 0 Å². The molecule has 6 heteroatoms. The highest BCUT2D eigenvalue weighted by atomic mass is 79.9. The van der Waals surface area contributed by atoms with Crippen LogP contribution in [0.3, 0.4) is 0 Å². The highest BCUT2D eigenvalue weighted by Crippen LogP contribution is 2.24. The minimum atomic E-state index is -0.195. The third-order valence-electron chi connectivity index (χ3n) is 3.61. The van der Waals surface area contributed by atoms with E-state index in [1.807, 2.05) is 30.3 Å². The van der Waals surface area contributed by atoms with Crippen LogP contribution in [-0.4, -0.2) is 15.7 Å². The van der Waals surface area contributed by atoms with Crippen molar-refractivity contribution in [2.45, 2.75) is 37.5 Å². The van der Waals surface area contributed by atoms with Crippen LogP contribution in [0.1, 0.15) is 31.1 Å². The fourth-order valence-electron chi connectivity index (χ4n) is 2.56. The summed E-state index contributed by atoms with van der Waals surface area (Å²) in [7, 11) is 0. The molecule has 2 aromatic carbocycles. The van der Waals surface area contributed by atoms with E-state index in [1.165, 1.54) is 0 Å². The molecule has 3 nitrogen and oxygen atoms in total. The zero-order valence-electron chi connectivity index (χ0n) is 14.3. The summed E-state index contributed by atoms with van der Waals surface area (Å²) >= 11 is 6.79. The van der Waals surface area contributed by atoms with E-state index in [2.05, 4.69) is 58.4 Å². The first-order chi connectivity index (χ1) is 12.0. The molecule has 0 aliphatic carbocycles. The van der Waals surface area contributed by atoms with Crippen molar-refractivity contribution in [2.24, 2.45) is 4.99 Å². The quantitative estimate of drug-likeness (QED) is 0.491. The summed E-state index contributed by atoms with van der Waals surface area (Å²) in [6.07, 6.45) is 0. The van der Waals surface area contributed by atoms with E-state index in [9.17, 15) is 4.79 Å². The van der Waals surface area contributed by atoms with Crippen molar-refractivity contribution < 1.29 is 4.79 Å². The van der Waals surface area contributed by atoms with Crippen molar-refractivity contribution in [3.63, 3.8) is 0 Å². The Morgan fingerprint density at radius 3 is 2.80 bits per heavy atom. The van der Waals surface area contributed by atoms with Crippen LogP contribution in [0.5, 0.6) is 0 Å². The van der Waals surface area contributed by atoms with Gasteiger partial charge in [0.2, 0.25) is 0 Å². The van der Waals surface area contributed by atoms with E-state index in [0.29, 0.717) is 10.8 Å². The second kappa shape index (κ2) is 7.89. The molecule has 1 amide bonds. The number of carbonyl (C=O) groups is 1. The summed E-state index contributed by atoms with van der Waals surface area (Å²) < 4.78 is 4.23. The van der Waals surface area contributed by atoms with Gasteiger partial charge in [0.15, 0.2) is 4.80 Å². The largest absolute Gasteiger partial charge is 0.317 e. The lowest BCUT2D eigenvalue weighted by atomic mass is 10.2. The van der Waals surface area contributed by atoms with Gasteiger partial charge in [0, 0.05) is 26.7 Å². The average molecular weight is 435 g/mol. The summed E-state index contributed by atoms with van der Waals surface area (Å²) in [5, 5.41) is 0.477. The number of thiazole rings is 1. The number of rotatable bonds is 4. The van der Waals surface area contributed by atoms with Gasteiger partial charge in [-0.3, -0.25) is 4.79 Å². The second-order valence-corrected chi connectivity index (χ2v) is 9.43. The predicted octanol–water partition coefficient (Wildman–Crippen LogP) is 5.73. The van der Waals surface area contributed by atoms with Gasteiger partial charge < -0.3 is 4.57 Å². The average Bonchev–Trinajstić information content (AvgIpc) is 2.90. The van der Waals surface area contributed by atoms with Crippen molar-refractivity contribution >= 4 is 55.2 Å². The standard InChI is InChI=1S/C19H19BrN2OS2/c1-4-22-16-9-8-14(20)11-17(16)25-19(22)21-18(23)13-6-5-7-15(10-13)24-12(2)3/h5-12H,4H2,1-3H3. The number of carbonyl (C=O) groups excluding carboxylic acids is 1. The van der Waals surface area contributed by atoms with Crippen LogP contribution in [0.25, 0.3) is 10.2 Å². The molecule has 0 aliphatic heterocycles. The van der Waals surface area contributed by atoms with E-state index >= 15 is 0 Å². The van der Waals surface area contributed by atoms with E-state index in [-0.39, 0.29) is 5.91 Å². The van der Waals surface area contributed by atoms with Crippen LogP contribution >= 0.6 is 39.0 Å². The Morgan fingerprint density at radius 1 is 1.28 bits per heavy atom. The van der Waals surface area contributed by atoms with Crippen LogP contribution in [0.15, 0.2) is 56.8 Å². The molecule has 3 rings (SSSR count). The Bertz CT molecular complexity index is 988. The zero-order chi connectivity index (χ0) is 18.0. The van der Waals surface area contributed by atoms with E-state index in [1.54, 1.807) is 23.1 Å². The van der Waals surface area contributed by atoms with Gasteiger partial charge in [0.25, 0.3) is 5.91 Å². The molecule has 130 valence electrons. The maximum Gasteiger partial charge on any atom is 0.279 e. The first kappa shape index (κ1) is 18.4. The van der Waals surface area contributed by atoms with E-state index in [0.717, 1.165) is 30.9 Å². The molecule has 0 aliphatic rings. The Morgan fingerprint density at radius 2 is 2.08 bits per heavy atom. The molecule has 25 heavy (non-hydrogen) atoms. The van der Waals surface area contributed by atoms with Crippen LogP contribution in [0.4, 0.5) is 0 Å². The van der Waals surface area contributed by atoms with Crippen molar-refractivity contribution in [3.8, 4) is 0 Å². The molecule has 0 N–H and O–H groups in total. The smallest absolute Gasteiger partial charge is 0.279 e. The number of benzene rings is 2. The molecule has 0 bridgehead atoms. The van der Waals surface area contributed by atoms with Gasteiger partial charge in [-0.2, -0.15) is 4.99 Å². The second-order valence-electron chi connectivity index (χ2n) is 5.85. The number of thioether (sulfide) groups is 1. The number of nitrogens with zero attached hydrogens (tertiary/aromatic N) is 2. The summed E-state index contributed by atoms with van der Waals surface area (Å²) in [6.45, 7) is 7.13. The number of amides is 1. The molecular weight excluding hydrogens is 416 g/mol. The van der Waals surface area contributed by atoms with Crippen molar-refractivity contribution in [2.75, 3.05) is 0 Å². The Labute approximate surface area is 163 Å². The summed E-state index contributed by atoms with van der Waals surface area (Å²) in [5.74, 6) is -0.195. The van der Waals surface area contributed by atoms with Crippen LogP contribution < -0.4 is 4.80 Å². The van der Waals surface area contributed by atoms with Gasteiger partial charge in [0.05, 0.1) is 10.2 Å². The van der Waals surface area contributed by atoms with Gasteiger partial charge in [0.1, 0.15) is 0 Å². The molecule has 0 unspecified atom stereocenters. The Kier molecular flexibility index (Phi) is 5.81. The number of aromatic nitrogens is 1. The number of fused-ring (bicyclic) bond motifs is 1. The van der Waals surface area contributed by atoms with Gasteiger partial charge in [-0.15, -0.1) is 11.8 Å². The minimum absolute atomic E-state index is 0.195. The van der Waals surface area contributed by atoms with Crippen molar-refractivity contribution in [1.29, 1.82) is 0 Å². The number of hydrogen-bond acceptors (Lipinski definition) is 3. The van der Waals surface area contributed by atoms with Gasteiger partial charge >= 0.3 is 0 Å². The lowest BCUT2D eigenvalue weighted by Gasteiger charge is -2.05. The predicted molar refractivity (Wildman–Crippen MR) is 111 cm³/mol. The lowest BCUT2D eigenvalue weighted by Crippen LogP contribution is -2.15. The molecule has 1 heterocycles. The van der Waals surface area contributed by atoms with Crippen molar-refractivity contribution in [1.82, 2.24) is 4.57 Å². The number of halogens is 1. The zero-order valence-corrected chi connectivity index (χ0v) is 17.5. The van der Waals surface area contributed by atoms with E-state index < -0.39 is 0 Å².